The second kappa shape index (κ2) is 3.83. The fraction of sp³-hybridized carbons (Fsp3) is 0.583. The zero-order valence-corrected chi connectivity index (χ0v) is 10.3. The van der Waals surface area contributed by atoms with E-state index in [0.29, 0.717) is 5.82 Å². The number of aromatic nitrogens is 2. The van der Waals surface area contributed by atoms with Crippen molar-refractivity contribution in [1.29, 1.82) is 0 Å². The maximum Gasteiger partial charge on any atom is 0.254 e. The van der Waals surface area contributed by atoms with Gasteiger partial charge in [0.25, 0.3) is 5.91 Å². The molecular weight excluding hydrogens is 232 g/mol. The van der Waals surface area contributed by atoms with Gasteiger partial charge in [0.15, 0.2) is 5.82 Å². The van der Waals surface area contributed by atoms with Crippen LogP contribution in [0.3, 0.4) is 0 Å². The lowest BCUT2D eigenvalue weighted by molar-refractivity contribution is -0.135. The third kappa shape index (κ3) is 1.60. The van der Waals surface area contributed by atoms with Gasteiger partial charge >= 0.3 is 0 Å². The first-order valence-corrected chi connectivity index (χ1v) is 6.23. The Morgan fingerprint density at radius 1 is 1.33 bits per heavy atom. The molecule has 0 aromatic carbocycles. The molecule has 2 heterocycles. The van der Waals surface area contributed by atoms with E-state index in [-0.39, 0.29) is 18.4 Å². The largest absolute Gasteiger partial charge is 0.340 e. The molecule has 1 saturated carbocycles. The first kappa shape index (κ1) is 11.3. The molecule has 1 spiro atoms. The van der Waals surface area contributed by atoms with Gasteiger partial charge in [-0.2, -0.15) is 5.10 Å². The van der Waals surface area contributed by atoms with Crippen LogP contribution in [0.2, 0.25) is 0 Å². The van der Waals surface area contributed by atoms with E-state index in [1.165, 1.54) is 4.90 Å². The highest BCUT2D eigenvalue weighted by molar-refractivity contribution is 6.08. The van der Waals surface area contributed by atoms with Crippen molar-refractivity contribution >= 4 is 17.6 Å². The predicted octanol–water partition coefficient (Wildman–Crippen LogP) is 0.196. The van der Waals surface area contributed by atoms with Crippen molar-refractivity contribution in [3.8, 4) is 0 Å². The Labute approximate surface area is 105 Å². The zero-order valence-electron chi connectivity index (χ0n) is 10.3. The number of carbonyl (C=O) groups excluding carboxylic acids is 2. The fourth-order valence-corrected chi connectivity index (χ4v) is 2.88. The first-order valence-electron chi connectivity index (χ1n) is 6.23. The molecule has 96 valence electrons. The van der Waals surface area contributed by atoms with E-state index in [1.54, 1.807) is 24.0 Å². The molecule has 2 aliphatic rings. The van der Waals surface area contributed by atoms with Crippen LogP contribution in [0.25, 0.3) is 0 Å². The van der Waals surface area contributed by atoms with Crippen LogP contribution in [0.1, 0.15) is 25.7 Å². The van der Waals surface area contributed by atoms with Gasteiger partial charge < -0.3 is 5.32 Å². The topological polar surface area (TPSA) is 67.2 Å². The maximum atomic E-state index is 12.6. The highest BCUT2D eigenvalue weighted by atomic mass is 16.2. The standard InChI is InChI=1S/C12H16N4O2/c1-15-7-4-9(14-15)16-8-10(17)13-12(11(16)18)5-2-3-6-12/h4,7H,2-3,5-6,8H2,1H3,(H,13,17). The van der Waals surface area contributed by atoms with E-state index >= 15 is 0 Å². The number of carbonyl (C=O) groups is 2. The fourth-order valence-electron chi connectivity index (χ4n) is 2.88. The Bertz CT molecular complexity index is 502. The van der Waals surface area contributed by atoms with Crippen LogP contribution in [0.5, 0.6) is 0 Å². The van der Waals surface area contributed by atoms with Crippen molar-refractivity contribution in [2.75, 3.05) is 11.4 Å². The van der Waals surface area contributed by atoms with Crippen LogP contribution in [0.4, 0.5) is 5.82 Å². The Balaban J connectivity index is 1.95. The Morgan fingerprint density at radius 2 is 2.06 bits per heavy atom. The van der Waals surface area contributed by atoms with Crippen LogP contribution < -0.4 is 10.2 Å². The van der Waals surface area contributed by atoms with Gasteiger partial charge in [0, 0.05) is 19.3 Å². The second-order valence-electron chi connectivity index (χ2n) is 5.08. The van der Waals surface area contributed by atoms with Crippen molar-refractivity contribution < 1.29 is 9.59 Å². The molecule has 3 rings (SSSR count). The monoisotopic (exact) mass is 248 g/mol. The number of amides is 2. The first-order chi connectivity index (χ1) is 8.61. The van der Waals surface area contributed by atoms with Gasteiger partial charge in [-0.25, -0.2) is 0 Å². The lowest BCUT2D eigenvalue weighted by atomic mass is 9.93. The number of hydrogen-bond donors (Lipinski definition) is 1. The number of rotatable bonds is 1. The number of nitrogens with zero attached hydrogens (tertiary/aromatic N) is 3. The Hall–Kier alpha value is -1.85. The lowest BCUT2D eigenvalue weighted by Gasteiger charge is -2.38. The number of anilines is 1. The minimum Gasteiger partial charge on any atom is -0.340 e. The van der Waals surface area contributed by atoms with Crippen molar-refractivity contribution in [1.82, 2.24) is 15.1 Å². The summed E-state index contributed by atoms with van der Waals surface area (Å²) < 4.78 is 1.64. The van der Waals surface area contributed by atoms with Gasteiger partial charge in [0.05, 0.1) is 0 Å². The van der Waals surface area contributed by atoms with Gasteiger partial charge in [-0.3, -0.25) is 19.2 Å². The summed E-state index contributed by atoms with van der Waals surface area (Å²) >= 11 is 0. The Morgan fingerprint density at radius 3 is 2.67 bits per heavy atom. The number of hydrogen-bond acceptors (Lipinski definition) is 3. The number of piperazine rings is 1. The molecule has 0 unspecified atom stereocenters. The highest BCUT2D eigenvalue weighted by Gasteiger charge is 2.49. The van der Waals surface area contributed by atoms with Crippen molar-refractivity contribution in [2.24, 2.45) is 7.05 Å². The van der Waals surface area contributed by atoms with E-state index < -0.39 is 5.54 Å². The third-order valence-electron chi connectivity index (χ3n) is 3.77. The predicted molar refractivity (Wildman–Crippen MR) is 64.9 cm³/mol. The van der Waals surface area contributed by atoms with Crippen LogP contribution in [-0.2, 0) is 16.6 Å². The summed E-state index contributed by atoms with van der Waals surface area (Å²) in [6.45, 7) is 0.0671. The Kier molecular flexibility index (Phi) is 2.39. The number of aryl methyl sites for hydroxylation is 1. The van der Waals surface area contributed by atoms with E-state index in [0.717, 1.165) is 25.7 Å². The quantitative estimate of drug-likeness (QED) is 0.771. The highest BCUT2D eigenvalue weighted by Crippen LogP contribution is 2.34. The summed E-state index contributed by atoms with van der Waals surface area (Å²) in [5.74, 6) is 0.448. The molecule has 2 fully saturated rings. The second-order valence-corrected chi connectivity index (χ2v) is 5.08. The van der Waals surface area contributed by atoms with Crippen LogP contribution in [-0.4, -0.2) is 33.7 Å². The summed E-state index contributed by atoms with van der Waals surface area (Å²) in [6, 6.07) is 1.76. The van der Waals surface area contributed by atoms with Gasteiger partial charge in [-0.1, -0.05) is 12.8 Å². The molecule has 0 bridgehead atoms. The van der Waals surface area contributed by atoms with E-state index in [4.69, 9.17) is 0 Å². The summed E-state index contributed by atoms with van der Waals surface area (Å²) in [4.78, 5) is 25.9. The van der Waals surface area contributed by atoms with Gasteiger partial charge in [-0.05, 0) is 12.8 Å². The van der Waals surface area contributed by atoms with Crippen molar-refractivity contribution in [3.05, 3.63) is 12.3 Å². The van der Waals surface area contributed by atoms with Crippen LogP contribution >= 0.6 is 0 Å². The molecule has 1 aromatic heterocycles. The van der Waals surface area contributed by atoms with Gasteiger partial charge in [-0.15, -0.1) is 0 Å². The van der Waals surface area contributed by atoms with Gasteiger partial charge in [0.1, 0.15) is 12.1 Å². The SMILES string of the molecule is Cn1ccc(N2CC(=O)NC3(CCCC3)C2=O)n1. The summed E-state index contributed by atoms with van der Waals surface area (Å²) in [7, 11) is 1.79. The summed E-state index contributed by atoms with van der Waals surface area (Å²) in [5, 5.41) is 7.10. The summed E-state index contributed by atoms with van der Waals surface area (Å²) in [5.41, 5.74) is -0.674. The molecule has 6 nitrogen and oxygen atoms in total. The maximum absolute atomic E-state index is 12.6. The van der Waals surface area contributed by atoms with Crippen molar-refractivity contribution in [3.63, 3.8) is 0 Å². The van der Waals surface area contributed by atoms with Crippen molar-refractivity contribution in [2.45, 2.75) is 31.2 Å². The molecule has 1 saturated heterocycles. The molecule has 0 atom stereocenters. The van der Waals surface area contributed by atoms with Gasteiger partial charge in [0.2, 0.25) is 5.91 Å². The molecule has 1 N–H and O–H groups in total. The number of nitrogens with one attached hydrogen (secondary N) is 1. The summed E-state index contributed by atoms with van der Waals surface area (Å²) in [6.07, 6.45) is 5.22. The smallest absolute Gasteiger partial charge is 0.254 e. The molecule has 0 radical (unpaired) electrons. The van der Waals surface area contributed by atoms with Crippen LogP contribution in [0, 0.1) is 0 Å². The van der Waals surface area contributed by atoms with E-state index in [1.807, 2.05) is 0 Å². The molecule has 1 aliphatic heterocycles. The zero-order chi connectivity index (χ0) is 12.8. The molecular formula is C12H16N4O2. The van der Waals surface area contributed by atoms with E-state index in [2.05, 4.69) is 10.4 Å². The average molecular weight is 248 g/mol. The van der Waals surface area contributed by atoms with E-state index in [9.17, 15) is 9.59 Å². The third-order valence-corrected chi connectivity index (χ3v) is 3.77. The minimum absolute atomic E-state index is 0.0155. The molecule has 1 aromatic rings. The van der Waals surface area contributed by atoms with Crippen LogP contribution in [0.15, 0.2) is 12.3 Å². The molecule has 1 aliphatic carbocycles. The minimum atomic E-state index is -0.674. The molecule has 2 amide bonds. The lowest BCUT2D eigenvalue weighted by Crippen LogP contribution is -2.65. The molecule has 6 heteroatoms. The normalized spacial score (nSPS) is 22.6. The molecule has 18 heavy (non-hydrogen) atoms. The average Bonchev–Trinajstić information content (AvgIpc) is 2.94.